The van der Waals surface area contributed by atoms with Gasteiger partial charge in [-0.1, -0.05) is 31.2 Å². The van der Waals surface area contributed by atoms with Crippen molar-refractivity contribution in [3.8, 4) is 17.2 Å². The number of piperidine rings is 1. The fraction of sp³-hybridized carbons (Fsp3) is 0.435. The van der Waals surface area contributed by atoms with E-state index in [-0.39, 0.29) is 17.5 Å². The van der Waals surface area contributed by atoms with Gasteiger partial charge in [-0.05, 0) is 37.6 Å². The number of phenolic OH excluding ortho intramolecular Hbond substituents is 2. The van der Waals surface area contributed by atoms with Gasteiger partial charge in [0.1, 0.15) is 11.4 Å². The zero-order valence-electron chi connectivity index (χ0n) is 17.1. The van der Waals surface area contributed by atoms with Gasteiger partial charge >= 0.3 is 0 Å². The summed E-state index contributed by atoms with van der Waals surface area (Å²) >= 11 is 0. The van der Waals surface area contributed by atoms with Crippen molar-refractivity contribution < 1.29 is 14.9 Å². The molecule has 29 heavy (non-hydrogen) atoms. The summed E-state index contributed by atoms with van der Waals surface area (Å²) in [6.45, 7) is 5.15. The minimum Gasteiger partial charge on any atom is -0.507 e. The molecule has 154 valence electrons. The summed E-state index contributed by atoms with van der Waals surface area (Å²) in [5.74, 6) is 0.862. The number of nitrogens with zero attached hydrogens (tertiary/aromatic N) is 2. The zero-order chi connectivity index (χ0) is 20.4. The Balaban J connectivity index is 1.75. The van der Waals surface area contributed by atoms with Crippen LogP contribution in [-0.4, -0.2) is 53.2 Å². The normalized spacial score (nSPS) is 21.7. The summed E-state index contributed by atoms with van der Waals surface area (Å²) in [6.07, 6.45) is 2.36. The van der Waals surface area contributed by atoms with Gasteiger partial charge in [-0.2, -0.15) is 0 Å². The van der Waals surface area contributed by atoms with E-state index in [1.54, 1.807) is 19.2 Å². The number of aliphatic imine (C=N–C) groups is 1. The first kappa shape index (κ1) is 19.7. The first-order valence-corrected chi connectivity index (χ1v) is 10.3. The van der Waals surface area contributed by atoms with Crippen molar-refractivity contribution >= 4 is 5.71 Å². The first-order valence-electron chi connectivity index (χ1n) is 10.3. The van der Waals surface area contributed by atoms with Crippen LogP contribution in [0.3, 0.4) is 0 Å². The molecule has 1 unspecified atom stereocenters. The number of nitrogens with one attached hydrogen (secondary N) is 1. The Morgan fingerprint density at radius 3 is 2.59 bits per heavy atom. The van der Waals surface area contributed by atoms with Crippen LogP contribution in [0.15, 0.2) is 47.5 Å². The molecule has 2 aromatic rings. The summed E-state index contributed by atoms with van der Waals surface area (Å²) in [6, 6.07) is 12.8. The second kappa shape index (κ2) is 8.05. The molecular formula is C23H29N3O3. The Morgan fingerprint density at radius 1 is 1.14 bits per heavy atom. The van der Waals surface area contributed by atoms with Gasteiger partial charge in [-0.25, -0.2) is 0 Å². The molecule has 0 amide bonds. The molecular weight excluding hydrogens is 366 g/mol. The average molecular weight is 396 g/mol. The highest BCUT2D eigenvalue weighted by Crippen LogP contribution is 2.41. The molecule has 2 aliphatic rings. The number of para-hydroxylation sites is 2. The molecule has 0 aliphatic carbocycles. The highest BCUT2D eigenvalue weighted by Gasteiger charge is 2.40. The maximum Gasteiger partial charge on any atom is 0.162 e. The van der Waals surface area contributed by atoms with E-state index in [9.17, 15) is 10.2 Å². The van der Waals surface area contributed by atoms with E-state index in [0.717, 1.165) is 49.3 Å². The third kappa shape index (κ3) is 3.82. The number of ether oxygens (including phenoxy) is 1. The van der Waals surface area contributed by atoms with Crippen molar-refractivity contribution in [3.05, 3.63) is 53.6 Å². The van der Waals surface area contributed by atoms with E-state index >= 15 is 0 Å². The van der Waals surface area contributed by atoms with E-state index in [2.05, 4.69) is 17.1 Å². The van der Waals surface area contributed by atoms with Gasteiger partial charge in [0, 0.05) is 42.4 Å². The highest BCUT2D eigenvalue weighted by molar-refractivity contribution is 6.03. The molecule has 1 spiro atoms. The number of rotatable bonds is 4. The van der Waals surface area contributed by atoms with Crippen LogP contribution in [0, 0.1) is 0 Å². The molecule has 0 aromatic heterocycles. The third-order valence-corrected chi connectivity index (χ3v) is 6.16. The third-order valence-electron chi connectivity index (χ3n) is 6.16. The SMILES string of the molecule is CCN1CCC2(CC1)N=C(c1ccccc1O)CC(c1cccc(OC)c1O)N2. The largest absolute Gasteiger partial charge is 0.507 e. The maximum absolute atomic E-state index is 10.8. The highest BCUT2D eigenvalue weighted by atomic mass is 16.5. The van der Waals surface area contributed by atoms with Crippen LogP contribution in [-0.2, 0) is 0 Å². The van der Waals surface area contributed by atoms with Gasteiger partial charge in [-0.15, -0.1) is 0 Å². The lowest BCUT2D eigenvalue weighted by Crippen LogP contribution is -2.56. The molecule has 2 heterocycles. The fourth-order valence-corrected chi connectivity index (χ4v) is 4.46. The van der Waals surface area contributed by atoms with Gasteiger partial charge < -0.3 is 19.8 Å². The summed E-state index contributed by atoms with van der Waals surface area (Å²) in [4.78, 5) is 7.55. The first-order chi connectivity index (χ1) is 14.0. The Morgan fingerprint density at radius 2 is 1.90 bits per heavy atom. The molecule has 6 nitrogen and oxygen atoms in total. The molecule has 1 atom stereocenters. The zero-order valence-corrected chi connectivity index (χ0v) is 17.1. The lowest BCUT2D eigenvalue weighted by molar-refractivity contribution is 0.129. The number of benzene rings is 2. The Hall–Kier alpha value is -2.57. The molecule has 0 bridgehead atoms. The molecule has 3 N–H and O–H groups in total. The molecule has 0 saturated carbocycles. The van der Waals surface area contributed by atoms with Crippen molar-refractivity contribution in [2.75, 3.05) is 26.7 Å². The number of aromatic hydroxyl groups is 2. The number of hydrogen-bond acceptors (Lipinski definition) is 6. The Kier molecular flexibility index (Phi) is 5.48. The molecule has 1 saturated heterocycles. The van der Waals surface area contributed by atoms with Crippen molar-refractivity contribution in [3.63, 3.8) is 0 Å². The van der Waals surface area contributed by atoms with Crippen LogP contribution in [0.2, 0.25) is 0 Å². The fourth-order valence-electron chi connectivity index (χ4n) is 4.46. The van der Waals surface area contributed by atoms with Crippen LogP contribution in [0.4, 0.5) is 0 Å². The van der Waals surface area contributed by atoms with Crippen molar-refractivity contribution in [1.29, 1.82) is 0 Å². The number of methoxy groups -OCH3 is 1. The maximum atomic E-state index is 10.8. The van der Waals surface area contributed by atoms with Crippen molar-refractivity contribution in [1.82, 2.24) is 10.2 Å². The number of hydrogen-bond donors (Lipinski definition) is 3. The predicted octanol–water partition coefficient (Wildman–Crippen LogP) is 3.44. The lowest BCUT2D eigenvalue weighted by atomic mass is 9.87. The van der Waals surface area contributed by atoms with Crippen molar-refractivity contribution in [2.24, 2.45) is 4.99 Å². The Labute approximate surface area is 171 Å². The van der Waals surface area contributed by atoms with Gasteiger partial charge in [0.2, 0.25) is 0 Å². The van der Waals surface area contributed by atoms with Crippen LogP contribution in [0.25, 0.3) is 0 Å². The van der Waals surface area contributed by atoms with Crippen LogP contribution in [0.1, 0.15) is 43.4 Å². The smallest absolute Gasteiger partial charge is 0.162 e. The average Bonchev–Trinajstić information content (AvgIpc) is 2.74. The standard InChI is InChI=1S/C23H29N3O3/c1-3-26-13-11-23(12-14-26)24-18(16-7-4-5-9-20(16)27)15-19(25-23)17-8-6-10-21(29-2)22(17)28/h4-10,19,25,27-28H,3,11-15H2,1-2H3. The summed E-state index contributed by atoms with van der Waals surface area (Å²) in [7, 11) is 1.56. The van der Waals surface area contributed by atoms with Crippen molar-refractivity contribution in [2.45, 2.75) is 37.9 Å². The lowest BCUT2D eigenvalue weighted by Gasteiger charge is -2.45. The Bertz CT molecular complexity index is 904. The minimum absolute atomic E-state index is 0.120. The second-order valence-corrected chi connectivity index (χ2v) is 7.84. The molecule has 0 radical (unpaired) electrons. The van der Waals surface area contributed by atoms with Crippen LogP contribution in [0.5, 0.6) is 17.2 Å². The minimum atomic E-state index is -0.401. The van der Waals surface area contributed by atoms with E-state index in [4.69, 9.17) is 9.73 Å². The van der Waals surface area contributed by atoms with E-state index < -0.39 is 5.66 Å². The quantitative estimate of drug-likeness (QED) is 0.739. The topological polar surface area (TPSA) is 77.3 Å². The summed E-state index contributed by atoms with van der Waals surface area (Å²) in [5.41, 5.74) is 2.03. The molecule has 2 aliphatic heterocycles. The van der Waals surface area contributed by atoms with E-state index in [1.165, 1.54) is 0 Å². The van der Waals surface area contributed by atoms with Gasteiger partial charge in [-0.3, -0.25) is 10.3 Å². The molecule has 2 aromatic carbocycles. The van der Waals surface area contributed by atoms with E-state index in [1.807, 2.05) is 30.3 Å². The molecule has 4 rings (SSSR count). The van der Waals surface area contributed by atoms with Gasteiger partial charge in [0.25, 0.3) is 0 Å². The molecule has 1 fully saturated rings. The van der Waals surface area contributed by atoms with Gasteiger partial charge in [0.15, 0.2) is 11.5 Å². The predicted molar refractivity (Wildman–Crippen MR) is 114 cm³/mol. The monoisotopic (exact) mass is 395 g/mol. The molecule has 6 heteroatoms. The van der Waals surface area contributed by atoms with Crippen LogP contribution < -0.4 is 10.1 Å². The van der Waals surface area contributed by atoms with Gasteiger partial charge in [0.05, 0.1) is 7.11 Å². The second-order valence-electron chi connectivity index (χ2n) is 7.84. The summed E-state index contributed by atoms with van der Waals surface area (Å²) < 4.78 is 5.32. The number of likely N-dealkylation sites (tertiary alicyclic amines) is 1. The summed E-state index contributed by atoms with van der Waals surface area (Å²) in [5, 5.41) is 24.9. The van der Waals surface area contributed by atoms with E-state index in [0.29, 0.717) is 12.2 Å². The number of phenols is 2. The van der Waals surface area contributed by atoms with Crippen LogP contribution >= 0.6 is 0 Å².